The van der Waals surface area contributed by atoms with Crippen LogP contribution in [-0.4, -0.2) is 40.2 Å². The summed E-state index contributed by atoms with van der Waals surface area (Å²) in [6, 6.07) is 6.28. The highest BCUT2D eigenvalue weighted by Crippen LogP contribution is 2.03. The summed E-state index contributed by atoms with van der Waals surface area (Å²) >= 11 is 0. The first-order valence-electron chi connectivity index (χ1n) is 7.37. The summed E-state index contributed by atoms with van der Waals surface area (Å²) in [5.74, 6) is 2.33. The molecular formula is C15H25IN6. The van der Waals surface area contributed by atoms with E-state index in [0.29, 0.717) is 12.0 Å². The molecular weight excluding hydrogens is 391 g/mol. The molecule has 0 aliphatic carbocycles. The van der Waals surface area contributed by atoms with Gasteiger partial charge in [0.2, 0.25) is 0 Å². The Kier molecular flexibility index (Phi) is 7.57. The Balaban J connectivity index is 0.00000242. The van der Waals surface area contributed by atoms with Gasteiger partial charge in [-0.15, -0.1) is 34.2 Å². The van der Waals surface area contributed by atoms with Crippen molar-refractivity contribution >= 4 is 35.6 Å². The maximum absolute atomic E-state index is 4.24. The molecule has 122 valence electrons. The predicted octanol–water partition coefficient (Wildman–Crippen LogP) is 2.10. The van der Waals surface area contributed by atoms with E-state index in [1.54, 1.807) is 7.05 Å². The second-order valence-electron chi connectivity index (χ2n) is 5.47. The van der Waals surface area contributed by atoms with Crippen molar-refractivity contribution in [1.82, 2.24) is 25.2 Å². The third-order valence-electron chi connectivity index (χ3n) is 3.61. The van der Waals surface area contributed by atoms with Crippen molar-refractivity contribution in [2.75, 3.05) is 13.6 Å². The van der Waals surface area contributed by atoms with E-state index in [9.17, 15) is 0 Å². The van der Waals surface area contributed by atoms with Gasteiger partial charge in [0.05, 0.1) is 0 Å². The van der Waals surface area contributed by atoms with Gasteiger partial charge in [0.25, 0.3) is 0 Å². The second kappa shape index (κ2) is 8.92. The molecule has 0 aromatic carbocycles. The molecule has 0 fully saturated rings. The fourth-order valence-corrected chi connectivity index (χ4v) is 1.93. The quantitative estimate of drug-likeness (QED) is 0.445. The van der Waals surface area contributed by atoms with E-state index in [4.69, 9.17) is 0 Å². The molecule has 1 unspecified atom stereocenters. The maximum atomic E-state index is 4.24. The molecule has 0 amide bonds. The van der Waals surface area contributed by atoms with E-state index in [1.807, 2.05) is 28.8 Å². The Hall–Kier alpha value is -1.38. The zero-order chi connectivity index (χ0) is 15.2. The normalized spacial score (nSPS) is 13.0. The minimum Gasteiger partial charge on any atom is -0.356 e. The van der Waals surface area contributed by atoms with Crippen molar-refractivity contribution in [3.8, 4) is 0 Å². The van der Waals surface area contributed by atoms with E-state index in [2.05, 4.69) is 46.6 Å². The fourth-order valence-electron chi connectivity index (χ4n) is 1.93. The lowest BCUT2D eigenvalue weighted by Crippen LogP contribution is -2.44. The molecule has 2 heterocycles. The van der Waals surface area contributed by atoms with Crippen LogP contribution >= 0.6 is 24.0 Å². The molecule has 0 aliphatic rings. The van der Waals surface area contributed by atoms with Crippen LogP contribution in [0.25, 0.3) is 5.65 Å². The van der Waals surface area contributed by atoms with Gasteiger partial charge < -0.3 is 10.6 Å². The van der Waals surface area contributed by atoms with Gasteiger partial charge in [0.15, 0.2) is 11.6 Å². The third-order valence-corrected chi connectivity index (χ3v) is 3.61. The maximum Gasteiger partial charge on any atom is 0.191 e. The molecule has 0 aliphatic heterocycles. The largest absolute Gasteiger partial charge is 0.356 e. The molecule has 1 atom stereocenters. The number of halogens is 1. The molecule has 0 spiro atoms. The monoisotopic (exact) mass is 416 g/mol. The molecule has 0 bridgehead atoms. The molecule has 2 rings (SSSR count). The van der Waals surface area contributed by atoms with Crippen molar-refractivity contribution in [3.05, 3.63) is 30.2 Å². The van der Waals surface area contributed by atoms with Crippen LogP contribution in [-0.2, 0) is 6.42 Å². The van der Waals surface area contributed by atoms with Gasteiger partial charge in [-0.2, -0.15) is 0 Å². The summed E-state index contributed by atoms with van der Waals surface area (Å²) in [4.78, 5) is 4.24. The lowest BCUT2D eigenvalue weighted by molar-refractivity contribution is 0.481. The Morgan fingerprint density at radius 2 is 2.05 bits per heavy atom. The molecule has 0 radical (unpaired) electrons. The van der Waals surface area contributed by atoms with Crippen molar-refractivity contribution in [1.29, 1.82) is 0 Å². The van der Waals surface area contributed by atoms with E-state index >= 15 is 0 Å². The van der Waals surface area contributed by atoms with Crippen LogP contribution in [0.5, 0.6) is 0 Å². The zero-order valence-corrected chi connectivity index (χ0v) is 15.9. The SMILES string of the molecule is CN=C(NCCc1nnc2ccccn12)NC(C)C(C)C.I. The summed E-state index contributed by atoms with van der Waals surface area (Å²) in [5.41, 5.74) is 0.878. The Morgan fingerprint density at radius 3 is 2.73 bits per heavy atom. The summed E-state index contributed by atoms with van der Waals surface area (Å²) in [5, 5.41) is 15.1. The Bertz CT molecular complexity index is 607. The molecule has 0 saturated carbocycles. The molecule has 6 nitrogen and oxygen atoms in total. The van der Waals surface area contributed by atoms with Crippen LogP contribution in [0.4, 0.5) is 0 Å². The molecule has 22 heavy (non-hydrogen) atoms. The minimum atomic E-state index is 0. The van der Waals surface area contributed by atoms with Gasteiger partial charge in [-0.05, 0) is 25.0 Å². The predicted molar refractivity (Wildman–Crippen MR) is 101 cm³/mol. The highest BCUT2D eigenvalue weighted by Gasteiger charge is 2.09. The van der Waals surface area contributed by atoms with E-state index in [-0.39, 0.29) is 24.0 Å². The van der Waals surface area contributed by atoms with Crippen molar-refractivity contribution in [2.24, 2.45) is 10.9 Å². The summed E-state index contributed by atoms with van der Waals surface area (Å²) in [6.07, 6.45) is 2.78. The van der Waals surface area contributed by atoms with E-state index < -0.39 is 0 Å². The first-order chi connectivity index (χ1) is 10.1. The number of guanidine groups is 1. The van der Waals surface area contributed by atoms with Gasteiger partial charge in [-0.25, -0.2) is 0 Å². The second-order valence-corrected chi connectivity index (χ2v) is 5.47. The van der Waals surface area contributed by atoms with E-state index in [1.165, 1.54) is 0 Å². The Morgan fingerprint density at radius 1 is 1.27 bits per heavy atom. The first kappa shape index (κ1) is 18.7. The number of hydrogen-bond donors (Lipinski definition) is 2. The number of fused-ring (bicyclic) bond motifs is 1. The molecule has 7 heteroatoms. The number of nitrogens with one attached hydrogen (secondary N) is 2. The van der Waals surface area contributed by atoms with Crippen molar-refractivity contribution in [3.63, 3.8) is 0 Å². The summed E-state index contributed by atoms with van der Waals surface area (Å²) < 4.78 is 2.01. The number of hydrogen-bond acceptors (Lipinski definition) is 3. The zero-order valence-electron chi connectivity index (χ0n) is 13.6. The first-order valence-corrected chi connectivity index (χ1v) is 7.37. The van der Waals surface area contributed by atoms with E-state index in [0.717, 1.165) is 30.4 Å². The lowest BCUT2D eigenvalue weighted by atomic mass is 10.1. The van der Waals surface area contributed by atoms with Gasteiger partial charge in [-0.1, -0.05) is 19.9 Å². The van der Waals surface area contributed by atoms with Gasteiger partial charge in [0, 0.05) is 32.3 Å². The smallest absolute Gasteiger partial charge is 0.191 e. The van der Waals surface area contributed by atoms with Crippen LogP contribution in [0, 0.1) is 5.92 Å². The van der Waals surface area contributed by atoms with Gasteiger partial charge >= 0.3 is 0 Å². The summed E-state index contributed by atoms with van der Waals surface area (Å²) in [6.45, 7) is 7.30. The van der Waals surface area contributed by atoms with Crippen molar-refractivity contribution in [2.45, 2.75) is 33.2 Å². The fraction of sp³-hybridized carbons (Fsp3) is 0.533. The van der Waals surface area contributed by atoms with Gasteiger partial charge in [-0.3, -0.25) is 9.39 Å². The number of aliphatic imine (C=N–C) groups is 1. The number of pyridine rings is 1. The van der Waals surface area contributed by atoms with Gasteiger partial charge in [0.1, 0.15) is 5.82 Å². The standard InChI is InChI=1S/C15H24N6.HI/c1-11(2)12(3)18-15(16-4)17-9-8-14-20-19-13-7-5-6-10-21(13)14;/h5-7,10-12H,8-9H2,1-4H3,(H2,16,17,18);1H. The number of aromatic nitrogens is 3. The van der Waals surface area contributed by atoms with Crippen LogP contribution in [0.15, 0.2) is 29.4 Å². The number of nitrogens with zero attached hydrogens (tertiary/aromatic N) is 4. The van der Waals surface area contributed by atoms with Crippen molar-refractivity contribution < 1.29 is 0 Å². The average molecular weight is 416 g/mol. The highest BCUT2D eigenvalue weighted by atomic mass is 127. The van der Waals surface area contributed by atoms with Crippen LogP contribution in [0.3, 0.4) is 0 Å². The Labute approximate surface area is 148 Å². The number of rotatable bonds is 5. The summed E-state index contributed by atoms with van der Waals surface area (Å²) in [7, 11) is 1.79. The topological polar surface area (TPSA) is 66.6 Å². The highest BCUT2D eigenvalue weighted by molar-refractivity contribution is 14.0. The van der Waals surface area contributed by atoms with Crippen LogP contribution in [0.1, 0.15) is 26.6 Å². The minimum absolute atomic E-state index is 0. The molecule has 2 aromatic heterocycles. The van der Waals surface area contributed by atoms with Crippen LogP contribution < -0.4 is 10.6 Å². The molecule has 0 saturated heterocycles. The van der Waals surface area contributed by atoms with Crippen LogP contribution in [0.2, 0.25) is 0 Å². The molecule has 2 N–H and O–H groups in total. The molecule has 2 aromatic rings. The average Bonchev–Trinajstić information content (AvgIpc) is 2.89. The third kappa shape index (κ3) is 4.82. The lowest BCUT2D eigenvalue weighted by Gasteiger charge is -2.20.